The van der Waals surface area contributed by atoms with Gasteiger partial charge in [0.2, 0.25) is 0 Å². The second-order valence-electron chi connectivity index (χ2n) is 7.47. The van der Waals surface area contributed by atoms with Crippen molar-refractivity contribution in [1.29, 1.82) is 0 Å². The van der Waals surface area contributed by atoms with Crippen LogP contribution in [0.1, 0.15) is 23.5 Å². The quantitative estimate of drug-likeness (QED) is 0.346. The number of hydrogen-bond donors (Lipinski definition) is 1. The van der Waals surface area contributed by atoms with Crippen LogP contribution in [0.5, 0.6) is 5.75 Å². The molecule has 0 bridgehead atoms. The molecule has 1 aliphatic heterocycles. The Bertz CT molecular complexity index is 1230. The maximum absolute atomic E-state index is 5.83. The van der Waals surface area contributed by atoms with Gasteiger partial charge in [0.25, 0.3) is 0 Å². The van der Waals surface area contributed by atoms with Gasteiger partial charge in [-0.15, -0.1) is 0 Å². The lowest BCUT2D eigenvalue weighted by atomic mass is 10.0. The monoisotopic (exact) mass is 504 g/mol. The molecule has 1 aliphatic rings. The molecule has 0 radical (unpaired) electrons. The molecule has 1 N–H and O–H groups in total. The summed E-state index contributed by atoms with van der Waals surface area (Å²) >= 11 is 9.36. The van der Waals surface area contributed by atoms with Crippen LogP contribution in [-0.4, -0.2) is 21.8 Å². The van der Waals surface area contributed by atoms with Gasteiger partial charge in [0.05, 0.1) is 18.8 Å². The van der Waals surface area contributed by atoms with Crippen LogP contribution in [0.3, 0.4) is 0 Å². The Labute approximate surface area is 200 Å². The van der Waals surface area contributed by atoms with E-state index in [9.17, 15) is 0 Å². The van der Waals surface area contributed by atoms with Gasteiger partial charge in [-0.1, -0.05) is 22.0 Å². The van der Waals surface area contributed by atoms with E-state index >= 15 is 0 Å². The molecule has 1 fully saturated rings. The number of thiocarbonyl (C=S) groups is 1. The predicted molar refractivity (Wildman–Crippen MR) is 134 cm³/mol. The normalized spacial score (nSPS) is 17.9. The fourth-order valence-electron chi connectivity index (χ4n) is 4.15. The Hall–Kier alpha value is -3.16. The lowest BCUT2D eigenvalue weighted by Gasteiger charge is -2.29. The number of nitrogens with one attached hydrogen (secondary N) is 1. The molecule has 0 amide bonds. The first-order valence-electron chi connectivity index (χ1n) is 10.2. The van der Waals surface area contributed by atoms with E-state index in [0.717, 1.165) is 33.0 Å². The summed E-state index contributed by atoms with van der Waals surface area (Å²) in [5, 5.41) is 4.19. The summed E-state index contributed by atoms with van der Waals surface area (Å²) in [5.74, 6) is 0.828. The van der Waals surface area contributed by atoms with Gasteiger partial charge in [0.1, 0.15) is 11.8 Å². The van der Waals surface area contributed by atoms with Crippen molar-refractivity contribution < 1.29 is 4.74 Å². The average Bonchev–Trinajstić information content (AvgIpc) is 3.44. The van der Waals surface area contributed by atoms with Crippen LogP contribution in [-0.2, 0) is 0 Å². The molecule has 32 heavy (non-hydrogen) atoms. The second kappa shape index (κ2) is 8.76. The van der Waals surface area contributed by atoms with Crippen LogP contribution in [0, 0.1) is 0 Å². The first kappa shape index (κ1) is 20.7. The topological polar surface area (TPSA) is 42.3 Å². The summed E-state index contributed by atoms with van der Waals surface area (Å²) in [7, 11) is 1.68. The zero-order valence-corrected chi connectivity index (χ0v) is 19.8. The molecule has 0 saturated carbocycles. The lowest BCUT2D eigenvalue weighted by Crippen LogP contribution is -2.30. The molecule has 160 valence electrons. The van der Waals surface area contributed by atoms with Gasteiger partial charge >= 0.3 is 0 Å². The summed E-state index contributed by atoms with van der Waals surface area (Å²) < 4.78 is 8.56. The number of nitrogens with zero attached hydrogens (tertiary/aromatic N) is 3. The van der Waals surface area contributed by atoms with Crippen LogP contribution in [0.25, 0.3) is 5.69 Å². The van der Waals surface area contributed by atoms with E-state index in [0.29, 0.717) is 5.11 Å². The fourth-order valence-corrected chi connectivity index (χ4v) is 4.76. The minimum absolute atomic E-state index is 0.0873. The van der Waals surface area contributed by atoms with Crippen molar-refractivity contribution in [2.75, 3.05) is 12.0 Å². The number of halogens is 1. The standard InChI is InChI=1S/C25H21BrN4OS/c1-31-20-13-11-18(12-14-20)29-16-4-6-22(29)24-23(21-5-2-3-15-27-21)28-25(32)30(24)19-9-7-17(26)8-10-19/h2-16,23-24H,1H3,(H,28,32)/t23-,24+/m0/s1. The number of methoxy groups -OCH3 is 1. The van der Waals surface area contributed by atoms with E-state index < -0.39 is 0 Å². The summed E-state index contributed by atoms with van der Waals surface area (Å²) in [6.45, 7) is 0. The molecule has 2 atom stereocenters. The SMILES string of the molecule is COc1ccc(-n2cccc2[C@@H]2[C@H](c3ccccn3)NC(=S)N2c2ccc(Br)cc2)cc1. The molecule has 7 heteroatoms. The maximum Gasteiger partial charge on any atom is 0.174 e. The van der Waals surface area contributed by atoms with E-state index in [1.54, 1.807) is 7.11 Å². The summed E-state index contributed by atoms with van der Waals surface area (Å²) in [5.41, 5.74) is 4.14. The highest BCUT2D eigenvalue weighted by Gasteiger charge is 2.42. The van der Waals surface area contributed by atoms with Crippen molar-refractivity contribution in [3.63, 3.8) is 0 Å². The van der Waals surface area contributed by atoms with Gasteiger partial charge < -0.3 is 19.5 Å². The molecule has 4 aromatic rings. The van der Waals surface area contributed by atoms with Gasteiger partial charge in [0, 0.05) is 33.9 Å². The van der Waals surface area contributed by atoms with Crippen molar-refractivity contribution in [1.82, 2.24) is 14.9 Å². The molecule has 0 aliphatic carbocycles. The Morgan fingerprint density at radius 3 is 2.38 bits per heavy atom. The molecular formula is C25H21BrN4OS. The third kappa shape index (κ3) is 3.78. The first-order chi connectivity index (χ1) is 15.7. The molecule has 1 saturated heterocycles. The van der Waals surface area contributed by atoms with Crippen molar-refractivity contribution in [2.45, 2.75) is 12.1 Å². The Morgan fingerprint density at radius 1 is 0.938 bits per heavy atom. The number of pyridine rings is 1. The van der Waals surface area contributed by atoms with E-state index in [-0.39, 0.29) is 12.1 Å². The smallest absolute Gasteiger partial charge is 0.174 e. The number of benzene rings is 2. The Balaban J connectivity index is 1.64. The second-order valence-corrected chi connectivity index (χ2v) is 8.78. The molecular weight excluding hydrogens is 484 g/mol. The van der Waals surface area contributed by atoms with Crippen molar-refractivity contribution in [2.24, 2.45) is 0 Å². The van der Waals surface area contributed by atoms with E-state index in [4.69, 9.17) is 17.0 Å². The minimum atomic E-state index is -0.0979. The molecule has 0 unspecified atom stereocenters. The number of anilines is 1. The van der Waals surface area contributed by atoms with Crippen LogP contribution < -0.4 is 15.0 Å². The molecule has 5 rings (SSSR count). The molecule has 0 spiro atoms. The summed E-state index contributed by atoms with van der Waals surface area (Å²) in [6.07, 6.45) is 3.90. The summed E-state index contributed by atoms with van der Waals surface area (Å²) in [6, 6.07) is 26.3. The number of ether oxygens (including phenoxy) is 1. The number of aromatic nitrogens is 2. The Morgan fingerprint density at radius 2 is 1.69 bits per heavy atom. The van der Waals surface area contributed by atoms with E-state index in [1.165, 1.54) is 0 Å². The first-order valence-corrected chi connectivity index (χ1v) is 11.4. The lowest BCUT2D eigenvalue weighted by molar-refractivity contribution is 0.414. The highest BCUT2D eigenvalue weighted by Crippen LogP contribution is 2.42. The largest absolute Gasteiger partial charge is 0.497 e. The van der Waals surface area contributed by atoms with Crippen molar-refractivity contribution in [3.05, 3.63) is 107 Å². The van der Waals surface area contributed by atoms with Gasteiger partial charge in [-0.2, -0.15) is 0 Å². The van der Waals surface area contributed by atoms with Gasteiger partial charge in [0.15, 0.2) is 5.11 Å². The third-order valence-corrected chi connectivity index (χ3v) is 6.48. The number of hydrogen-bond acceptors (Lipinski definition) is 3. The predicted octanol–water partition coefficient (Wildman–Crippen LogP) is 5.82. The van der Waals surface area contributed by atoms with Crippen LogP contribution >= 0.6 is 28.1 Å². The van der Waals surface area contributed by atoms with Crippen LogP contribution in [0.4, 0.5) is 5.69 Å². The van der Waals surface area contributed by atoms with E-state index in [2.05, 4.69) is 78.3 Å². The molecule has 5 nitrogen and oxygen atoms in total. The molecule has 2 aromatic heterocycles. The van der Waals surface area contributed by atoms with Gasteiger partial charge in [-0.3, -0.25) is 4.98 Å². The minimum Gasteiger partial charge on any atom is -0.497 e. The number of rotatable bonds is 5. The van der Waals surface area contributed by atoms with Crippen molar-refractivity contribution in [3.8, 4) is 11.4 Å². The third-order valence-electron chi connectivity index (χ3n) is 5.64. The van der Waals surface area contributed by atoms with E-state index in [1.807, 2.05) is 48.7 Å². The zero-order valence-electron chi connectivity index (χ0n) is 17.4. The zero-order chi connectivity index (χ0) is 22.1. The highest BCUT2D eigenvalue weighted by molar-refractivity contribution is 9.10. The average molecular weight is 505 g/mol. The Kier molecular flexibility index (Phi) is 5.68. The summed E-state index contributed by atoms with van der Waals surface area (Å²) in [4.78, 5) is 6.82. The highest BCUT2D eigenvalue weighted by atomic mass is 79.9. The molecule has 3 heterocycles. The van der Waals surface area contributed by atoms with Crippen LogP contribution in [0.15, 0.2) is 95.7 Å². The van der Waals surface area contributed by atoms with Gasteiger partial charge in [-0.25, -0.2) is 0 Å². The maximum atomic E-state index is 5.83. The van der Waals surface area contributed by atoms with Crippen molar-refractivity contribution >= 4 is 38.9 Å². The van der Waals surface area contributed by atoms with Gasteiger partial charge in [-0.05, 0) is 85.0 Å². The molecule has 2 aromatic carbocycles. The fraction of sp³-hybridized carbons (Fsp3) is 0.120. The van der Waals surface area contributed by atoms with Crippen LogP contribution in [0.2, 0.25) is 0 Å².